The van der Waals surface area contributed by atoms with Crippen molar-refractivity contribution in [2.24, 2.45) is 0 Å². The molecule has 0 spiro atoms. The summed E-state index contributed by atoms with van der Waals surface area (Å²) in [5.41, 5.74) is 1.91. The van der Waals surface area contributed by atoms with Crippen LogP contribution in [0.5, 0.6) is 0 Å². The molecule has 0 atom stereocenters. The first kappa shape index (κ1) is 18.2. The third-order valence-electron chi connectivity index (χ3n) is 3.98. The molecule has 3 aromatic rings. The normalized spacial score (nSPS) is 11.6. The van der Waals surface area contributed by atoms with Gasteiger partial charge >= 0.3 is 0 Å². The molecular formula is C18H19FN4O2S. The number of sulfonamides is 1. The van der Waals surface area contributed by atoms with E-state index in [2.05, 4.69) is 14.7 Å². The van der Waals surface area contributed by atoms with Crippen LogP contribution in [-0.2, 0) is 23.0 Å². The van der Waals surface area contributed by atoms with Crippen molar-refractivity contribution in [1.29, 1.82) is 0 Å². The minimum absolute atomic E-state index is 0.130. The van der Waals surface area contributed by atoms with Crippen molar-refractivity contribution in [3.8, 4) is 0 Å². The topological polar surface area (TPSA) is 76.9 Å². The Morgan fingerprint density at radius 1 is 1.15 bits per heavy atom. The number of imidazole rings is 1. The summed E-state index contributed by atoms with van der Waals surface area (Å²) in [6.45, 7) is 2.70. The molecule has 6 nitrogen and oxygen atoms in total. The zero-order chi connectivity index (χ0) is 18.6. The average molecular weight is 374 g/mol. The van der Waals surface area contributed by atoms with Crippen LogP contribution >= 0.6 is 0 Å². The van der Waals surface area contributed by atoms with Crippen molar-refractivity contribution in [2.75, 3.05) is 6.54 Å². The predicted molar refractivity (Wildman–Crippen MR) is 95.6 cm³/mol. The fourth-order valence-corrected chi connectivity index (χ4v) is 3.58. The molecule has 1 N–H and O–H groups in total. The second kappa shape index (κ2) is 7.76. The molecule has 0 saturated heterocycles. The third-order valence-corrected chi connectivity index (χ3v) is 5.42. The van der Waals surface area contributed by atoms with Gasteiger partial charge < -0.3 is 4.57 Å². The van der Waals surface area contributed by atoms with Crippen molar-refractivity contribution in [3.05, 3.63) is 77.9 Å². The molecular weight excluding hydrogens is 355 g/mol. The highest BCUT2D eigenvalue weighted by molar-refractivity contribution is 7.89. The Kier molecular flexibility index (Phi) is 5.43. The van der Waals surface area contributed by atoms with Gasteiger partial charge in [-0.2, -0.15) is 0 Å². The fourth-order valence-electron chi connectivity index (χ4n) is 2.59. The molecule has 26 heavy (non-hydrogen) atoms. The molecule has 136 valence electrons. The van der Waals surface area contributed by atoms with Crippen LogP contribution in [0.25, 0.3) is 0 Å². The number of hydrogen-bond acceptors (Lipinski definition) is 4. The van der Waals surface area contributed by atoms with Gasteiger partial charge in [0.05, 0.1) is 0 Å². The van der Waals surface area contributed by atoms with E-state index in [1.54, 1.807) is 24.4 Å². The lowest BCUT2D eigenvalue weighted by atomic mass is 10.2. The number of hydrogen-bond donors (Lipinski definition) is 1. The van der Waals surface area contributed by atoms with Crippen LogP contribution < -0.4 is 4.72 Å². The minimum atomic E-state index is -3.59. The van der Waals surface area contributed by atoms with Crippen LogP contribution in [0.2, 0.25) is 0 Å². The standard InChI is InChI=1S/C18H19FN4O2S/c1-14-11-21-18(23(14)13-15-4-6-16(19)7-5-15)8-10-22-26(24,25)17-3-2-9-20-12-17/h2-7,9,11-12,22H,8,10,13H2,1H3. The van der Waals surface area contributed by atoms with Gasteiger partial charge in [0.15, 0.2) is 0 Å². The largest absolute Gasteiger partial charge is 0.328 e. The summed E-state index contributed by atoms with van der Waals surface area (Å²) in [4.78, 5) is 8.32. The summed E-state index contributed by atoms with van der Waals surface area (Å²) < 4.78 is 42.0. The van der Waals surface area contributed by atoms with E-state index >= 15 is 0 Å². The average Bonchev–Trinajstić information content (AvgIpc) is 2.98. The Bertz CT molecular complexity index is 970. The Hall–Kier alpha value is -2.58. The van der Waals surface area contributed by atoms with Crippen molar-refractivity contribution in [2.45, 2.75) is 24.8 Å². The maximum Gasteiger partial charge on any atom is 0.242 e. The summed E-state index contributed by atoms with van der Waals surface area (Å²) >= 11 is 0. The molecule has 0 unspecified atom stereocenters. The van der Waals surface area contributed by atoms with Crippen LogP contribution in [0.4, 0.5) is 4.39 Å². The van der Waals surface area contributed by atoms with Crippen LogP contribution in [0, 0.1) is 12.7 Å². The molecule has 1 aromatic carbocycles. The first-order valence-electron chi connectivity index (χ1n) is 8.11. The summed E-state index contributed by atoms with van der Waals surface area (Å²) in [7, 11) is -3.59. The van der Waals surface area contributed by atoms with Gasteiger partial charge in [0.1, 0.15) is 16.5 Å². The van der Waals surface area contributed by atoms with Gasteiger partial charge in [-0.1, -0.05) is 12.1 Å². The first-order valence-corrected chi connectivity index (χ1v) is 9.59. The van der Waals surface area contributed by atoms with Gasteiger partial charge in [-0.15, -0.1) is 0 Å². The van der Waals surface area contributed by atoms with Crippen molar-refractivity contribution in [3.63, 3.8) is 0 Å². The van der Waals surface area contributed by atoms with E-state index in [-0.39, 0.29) is 17.3 Å². The number of aryl methyl sites for hydroxylation is 1. The third kappa shape index (κ3) is 4.33. The highest BCUT2D eigenvalue weighted by Gasteiger charge is 2.14. The molecule has 8 heteroatoms. The number of aromatic nitrogens is 3. The first-order chi connectivity index (χ1) is 12.5. The molecule has 0 aliphatic heterocycles. The van der Waals surface area contributed by atoms with E-state index in [4.69, 9.17) is 0 Å². The smallest absolute Gasteiger partial charge is 0.242 e. The van der Waals surface area contributed by atoms with Crippen LogP contribution in [-0.4, -0.2) is 29.5 Å². The van der Waals surface area contributed by atoms with Crippen molar-refractivity contribution >= 4 is 10.0 Å². The highest BCUT2D eigenvalue weighted by Crippen LogP contribution is 2.12. The second-order valence-electron chi connectivity index (χ2n) is 5.86. The van der Waals surface area contributed by atoms with Gasteiger partial charge in [0.2, 0.25) is 10.0 Å². The fraction of sp³-hybridized carbons (Fsp3) is 0.222. The number of benzene rings is 1. The molecule has 0 fully saturated rings. The molecule has 0 aliphatic rings. The van der Waals surface area contributed by atoms with E-state index in [1.165, 1.54) is 30.6 Å². The molecule has 0 amide bonds. The SMILES string of the molecule is Cc1cnc(CCNS(=O)(=O)c2cccnc2)n1Cc1ccc(F)cc1. The van der Waals surface area contributed by atoms with Gasteiger partial charge in [0, 0.05) is 43.8 Å². The molecule has 2 aromatic heterocycles. The van der Waals surface area contributed by atoms with Gasteiger partial charge in [-0.05, 0) is 36.8 Å². The van der Waals surface area contributed by atoms with Gasteiger partial charge in [-0.3, -0.25) is 4.98 Å². The van der Waals surface area contributed by atoms with Crippen LogP contribution in [0.15, 0.2) is 59.9 Å². The summed E-state index contributed by atoms with van der Waals surface area (Å²) in [5.74, 6) is 0.488. The zero-order valence-electron chi connectivity index (χ0n) is 14.3. The molecule has 0 radical (unpaired) electrons. The van der Waals surface area contributed by atoms with Gasteiger partial charge in [-0.25, -0.2) is 22.5 Å². The lowest BCUT2D eigenvalue weighted by Gasteiger charge is -2.11. The monoisotopic (exact) mass is 374 g/mol. The number of nitrogens with zero attached hydrogens (tertiary/aromatic N) is 3. The Morgan fingerprint density at radius 2 is 1.92 bits per heavy atom. The lowest BCUT2D eigenvalue weighted by Crippen LogP contribution is -2.27. The number of nitrogens with one attached hydrogen (secondary N) is 1. The molecule has 0 bridgehead atoms. The summed E-state index contributed by atoms with van der Waals surface area (Å²) in [5, 5.41) is 0. The number of pyridine rings is 1. The van der Waals surface area contributed by atoms with E-state index in [9.17, 15) is 12.8 Å². The van der Waals surface area contributed by atoms with E-state index in [0.717, 1.165) is 17.1 Å². The maximum atomic E-state index is 13.1. The molecule has 0 aliphatic carbocycles. The van der Waals surface area contributed by atoms with E-state index in [0.29, 0.717) is 13.0 Å². The number of rotatable bonds is 7. The Morgan fingerprint density at radius 3 is 2.62 bits per heavy atom. The highest BCUT2D eigenvalue weighted by atomic mass is 32.2. The van der Waals surface area contributed by atoms with E-state index in [1.807, 2.05) is 11.5 Å². The maximum absolute atomic E-state index is 13.1. The molecule has 0 saturated carbocycles. The predicted octanol–water partition coefficient (Wildman–Crippen LogP) is 2.29. The summed E-state index contributed by atoms with van der Waals surface area (Å²) in [6, 6.07) is 9.36. The van der Waals surface area contributed by atoms with Crippen LogP contribution in [0.3, 0.4) is 0 Å². The quantitative estimate of drug-likeness (QED) is 0.688. The zero-order valence-corrected chi connectivity index (χ0v) is 15.1. The number of halogens is 1. The lowest BCUT2D eigenvalue weighted by molar-refractivity contribution is 0.578. The Balaban J connectivity index is 1.67. The van der Waals surface area contributed by atoms with E-state index < -0.39 is 10.0 Å². The summed E-state index contributed by atoms with van der Waals surface area (Å²) in [6.07, 6.45) is 5.01. The van der Waals surface area contributed by atoms with Crippen molar-refractivity contribution in [1.82, 2.24) is 19.3 Å². The molecule has 3 rings (SSSR count). The Labute approximate surface area is 151 Å². The second-order valence-corrected chi connectivity index (χ2v) is 7.63. The molecule has 2 heterocycles. The van der Waals surface area contributed by atoms with Crippen LogP contribution in [0.1, 0.15) is 17.1 Å². The minimum Gasteiger partial charge on any atom is -0.328 e. The van der Waals surface area contributed by atoms with Crippen molar-refractivity contribution < 1.29 is 12.8 Å². The van der Waals surface area contributed by atoms with Gasteiger partial charge in [0.25, 0.3) is 0 Å².